The van der Waals surface area contributed by atoms with E-state index in [4.69, 9.17) is 11.6 Å². The van der Waals surface area contributed by atoms with Crippen LogP contribution in [0.4, 0.5) is 0 Å². The Bertz CT molecular complexity index is 696. The summed E-state index contributed by atoms with van der Waals surface area (Å²) in [6.45, 7) is 4.93. The third-order valence-corrected chi connectivity index (χ3v) is 6.20. The highest BCUT2D eigenvalue weighted by atomic mass is 35.5. The summed E-state index contributed by atoms with van der Waals surface area (Å²) < 4.78 is 0. The van der Waals surface area contributed by atoms with Crippen molar-refractivity contribution in [2.24, 2.45) is 0 Å². The molecule has 1 amide bonds. The summed E-state index contributed by atoms with van der Waals surface area (Å²) in [6, 6.07) is 10.6. The van der Waals surface area contributed by atoms with Crippen LogP contribution in [-0.2, 0) is 11.2 Å². The van der Waals surface area contributed by atoms with Crippen LogP contribution in [0.15, 0.2) is 35.7 Å². The van der Waals surface area contributed by atoms with Gasteiger partial charge in [-0.25, -0.2) is 0 Å². The number of likely N-dealkylation sites (tertiary alicyclic amines) is 1. The van der Waals surface area contributed by atoms with Crippen LogP contribution in [0.25, 0.3) is 0 Å². The molecule has 1 saturated heterocycles. The van der Waals surface area contributed by atoms with E-state index < -0.39 is 0 Å². The van der Waals surface area contributed by atoms with Crippen LogP contribution >= 0.6 is 22.9 Å². The van der Waals surface area contributed by atoms with Crippen molar-refractivity contribution in [3.8, 4) is 0 Å². The first kappa shape index (κ1) is 18.4. The van der Waals surface area contributed by atoms with E-state index in [-0.39, 0.29) is 5.91 Å². The zero-order chi connectivity index (χ0) is 17.6. The van der Waals surface area contributed by atoms with Gasteiger partial charge >= 0.3 is 0 Å². The first-order valence-corrected chi connectivity index (χ1v) is 10.2. The number of nitrogens with zero attached hydrogens (tertiary/aromatic N) is 1. The second-order valence-corrected chi connectivity index (χ2v) is 8.05. The summed E-state index contributed by atoms with van der Waals surface area (Å²) in [5, 5.41) is 6.02. The van der Waals surface area contributed by atoms with Gasteiger partial charge in [-0.15, -0.1) is 11.3 Å². The van der Waals surface area contributed by atoms with Gasteiger partial charge in [0.1, 0.15) is 0 Å². The van der Waals surface area contributed by atoms with Crippen LogP contribution in [0, 0.1) is 6.92 Å². The molecule has 1 N–H and O–H groups in total. The van der Waals surface area contributed by atoms with Gasteiger partial charge in [0.2, 0.25) is 5.91 Å². The average molecular weight is 377 g/mol. The van der Waals surface area contributed by atoms with E-state index in [1.165, 1.54) is 17.7 Å². The molecule has 3 nitrogen and oxygen atoms in total. The van der Waals surface area contributed by atoms with E-state index in [9.17, 15) is 4.79 Å². The minimum absolute atomic E-state index is 0.109. The predicted molar refractivity (Wildman–Crippen MR) is 105 cm³/mol. The van der Waals surface area contributed by atoms with Crippen molar-refractivity contribution < 1.29 is 4.79 Å². The molecule has 3 rings (SSSR count). The molecule has 0 bridgehead atoms. The fourth-order valence-corrected chi connectivity index (χ4v) is 4.36. The molecule has 1 aromatic heterocycles. The molecular weight excluding hydrogens is 352 g/mol. The first-order valence-electron chi connectivity index (χ1n) is 8.92. The SMILES string of the molecule is Cc1ccc(CCC(=O)NC[C@H](c2cccs2)N2CCCC2)cc1Cl. The highest BCUT2D eigenvalue weighted by molar-refractivity contribution is 7.10. The van der Waals surface area contributed by atoms with Gasteiger partial charge in [0.05, 0.1) is 6.04 Å². The lowest BCUT2D eigenvalue weighted by Crippen LogP contribution is -2.36. The zero-order valence-corrected chi connectivity index (χ0v) is 16.2. The van der Waals surface area contributed by atoms with Crippen molar-refractivity contribution in [1.82, 2.24) is 10.2 Å². The van der Waals surface area contributed by atoms with Crippen LogP contribution < -0.4 is 5.32 Å². The molecule has 0 aliphatic carbocycles. The number of amides is 1. The summed E-state index contributed by atoms with van der Waals surface area (Å²) in [5.41, 5.74) is 2.18. The fourth-order valence-electron chi connectivity index (χ4n) is 3.29. The number of carbonyl (C=O) groups is 1. The Morgan fingerprint density at radius 1 is 1.32 bits per heavy atom. The van der Waals surface area contributed by atoms with Crippen LogP contribution in [0.2, 0.25) is 5.02 Å². The van der Waals surface area contributed by atoms with E-state index in [1.807, 2.05) is 25.1 Å². The summed E-state index contributed by atoms with van der Waals surface area (Å²) in [7, 11) is 0. The lowest BCUT2D eigenvalue weighted by Gasteiger charge is -2.27. The number of halogens is 1. The molecule has 2 heterocycles. The van der Waals surface area contributed by atoms with Crippen molar-refractivity contribution in [2.45, 2.75) is 38.6 Å². The van der Waals surface area contributed by atoms with Gasteiger partial charge in [-0.2, -0.15) is 0 Å². The summed E-state index contributed by atoms with van der Waals surface area (Å²) in [5.74, 6) is 0.109. The van der Waals surface area contributed by atoms with E-state index in [0.29, 0.717) is 19.0 Å². The Morgan fingerprint density at radius 3 is 2.80 bits per heavy atom. The highest BCUT2D eigenvalue weighted by Crippen LogP contribution is 2.27. The van der Waals surface area contributed by atoms with Crippen molar-refractivity contribution in [2.75, 3.05) is 19.6 Å². The third-order valence-electron chi connectivity index (χ3n) is 4.82. The van der Waals surface area contributed by atoms with E-state index in [2.05, 4.69) is 27.7 Å². The number of hydrogen-bond acceptors (Lipinski definition) is 3. The number of aryl methyl sites for hydroxylation is 2. The lowest BCUT2D eigenvalue weighted by molar-refractivity contribution is -0.121. The Labute approximate surface area is 159 Å². The molecule has 0 saturated carbocycles. The second kappa shape index (κ2) is 8.84. The molecule has 1 aliphatic heterocycles. The van der Waals surface area contributed by atoms with Crippen LogP contribution in [-0.4, -0.2) is 30.4 Å². The van der Waals surface area contributed by atoms with Gasteiger partial charge in [-0.05, 0) is 67.9 Å². The Balaban J connectivity index is 1.51. The molecule has 0 unspecified atom stereocenters. The summed E-state index contributed by atoms with van der Waals surface area (Å²) in [6.07, 6.45) is 3.73. The monoisotopic (exact) mass is 376 g/mol. The van der Waals surface area contributed by atoms with Gasteiger partial charge < -0.3 is 5.32 Å². The van der Waals surface area contributed by atoms with Crippen molar-refractivity contribution in [3.05, 3.63) is 56.7 Å². The van der Waals surface area contributed by atoms with Crippen LogP contribution in [0.1, 0.15) is 41.3 Å². The van der Waals surface area contributed by atoms with Gasteiger partial charge in [0, 0.05) is 22.9 Å². The Kier molecular flexibility index (Phi) is 6.51. The van der Waals surface area contributed by atoms with Crippen LogP contribution in [0.3, 0.4) is 0 Å². The van der Waals surface area contributed by atoms with E-state index in [0.717, 1.165) is 35.7 Å². The second-order valence-electron chi connectivity index (χ2n) is 6.66. The van der Waals surface area contributed by atoms with Gasteiger partial charge in [0.25, 0.3) is 0 Å². The number of carbonyl (C=O) groups excluding carboxylic acids is 1. The first-order chi connectivity index (χ1) is 12.1. The molecule has 1 aliphatic rings. The predicted octanol–water partition coefficient (Wildman–Crippen LogP) is 4.60. The average Bonchev–Trinajstić information content (AvgIpc) is 3.30. The number of rotatable bonds is 7. The standard InChI is InChI=1S/C20H25ClN2OS/c1-15-6-7-16(13-17(15)21)8-9-20(24)22-14-18(19-5-4-12-25-19)23-10-2-3-11-23/h4-7,12-13,18H,2-3,8-11,14H2,1H3,(H,22,24)/t18-/m1/s1. The van der Waals surface area contributed by atoms with Crippen molar-refractivity contribution in [1.29, 1.82) is 0 Å². The molecule has 134 valence electrons. The fraction of sp³-hybridized carbons (Fsp3) is 0.450. The van der Waals surface area contributed by atoms with Crippen LogP contribution in [0.5, 0.6) is 0 Å². The Morgan fingerprint density at radius 2 is 2.12 bits per heavy atom. The summed E-state index contributed by atoms with van der Waals surface area (Å²) >= 11 is 7.93. The van der Waals surface area contributed by atoms with E-state index >= 15 is 0 Å². The topological polar surface area (TPSA) is 32.3 Å². The lowest BCUT2D eigenvalue weighted by atomic mass is 10.1. The van der Waals surface area contributed by atoms with Gasteiger partial charge in [-0.3, -0.25) is 9.69 Å². The molecular formula is C20H25ClN2OS. The maximum absolute atomic E-state index is 12.3. The van der Waals surface area contributed by atoms with Crippen molar-refractivity contribution >= 4 is 28.8 Å². The largest absolute Gasteiger partial charge is 0.354 e. The molecule has 1 fully saturated rings. The quantitative estimate of drug-likeness (QED) is 0.766. The molecule has 1 aromatic carbocycles. The minimum atomic E-state index is 0.109. The third kappa shape index (κ3) is 5.06. The van der Waals surface area contributed by atoms with E-state index in [1.54, 1.807) is 11.3 Å². The van der Waals surface area contributed by atoms with Crippen molar-refractivity contribution in [3.63, 3.8) is 0 Å². The summed E-state index contributed by atoms with van der Waals surface area (Å²) in [4.78, 5) is 16.1. The molecule has 0 spiro atoms. The minimum Gasteiger partial charge on any atom is -0.354 e. The van der Waals surface area contributed by atoms with Gasteiger partial charge in [0.15, 0.2) is 0 Å². The zero-order valence-electron chi connectivity index (χ0n) is 14.6. The maximum Gasteiger partial charge on any atom is 0.220 e. The highest BCUT2D eigenvalue weighted by Gasteiger charge is 2.24. The molecule has 25 heavy (non-hydrogen) atoms. The molecule has 1 atom stereocenters. The number of nitrogens with one attached hydrogen (secondary N) is 1. The normalized spacial score (nSPS) is 16.1. The molecule has 0 radical (unpaired) electrons. The molecule has 5 heteroatoms. The molecule has 2 aromatic rings. The smallest absolute Gasteiger partial charge is 0.220 e. The number of hydrogen-bond donors (Lipinski definition) is 1. The number of thiophene rings is 1. The number of benzene rings is 1. The maximum atomic E-state index is 12.3. The van der Waals surface area contributed by atoms with Gasteiger partial charge in [-0.1, -0.05) is 29.8 Å². The Hall–Kier alpha value is -1.36.